The van der Waals surface area contributed by atoms with Crippen LogP contribution in [0.25, 0.3) is 10.9 Å². The Balaban J connectivity index is 2.42. The van der Waals surface area contributed by atoms with Gasteiger partial charge in [0.05, 0.1) is 11.1 Å². The number of hydrogen-bond acceptors (Lipinski definition) is 3. The summed E-state index contributed by atoms with van der Waals surface area (Å²) in [4.78, 5) is 13.5. The summed E-state index contributed by atoms with van der Waals surface area (Å²) in [5, 5.41) is 10.1. The van der Waals surface area contributed by atoms with E-state index in [4.69, 9.17) is 4.74 Å². The van der Waals surface area contributed by atoms with Crippen LogP contribution in [0.2, 0.25) is 0 Å². The van der Waals surface area contributed by atoms with Crippen molar-refractivity contribution in [2.75, 3.05) is 27.2 Å². The molecular weight excluding hydrogens is 268 g/mol. The van der Waals surface area contributed by atoms with Gasteiger partial charge in [0, 0.05) is 30.2 Å². The Morgan fingerprint density at radius 1 is 1.38 bits per heavy atom. The number of carbonyl (C=O) groups is 1. The fraction of sp³-hybridized carbons (Fsp3) is 0.438. The van der Waals surface area contributed by atoms with Crippen molar-refractivity contribution in [1.82, 2.24) is 9.47 Å². The van der Waals surface area contributed by atoms with Gasteiger partial charge in [-0.05, 0) is 40.1 Å². The zero-order valence-electron chi connectivity index (χ0n) is 13.0. The van der Waals surface area contributed by atoms with E-state index >= 15 is 0 Å². The van der Waals surface area contributed by atoms with Crippen molar-refractivity contribution in [3.8, 4) is 5.75 Å². The highest BCUT2D eigenvalue weighted by atomic mass is 16.5. The van der Waals surface area contributed by atoms with E-state index < -0.39 is 5.97 Å². The summed E-state index contributed by atoms with van der Waals surface area (Å²) in [6, 6.07) is 5.63. The lowest BCUT2D eigenvalue weighted by atomic mass is 10.1. The van der Waals surface area contributed by atoms with Crippen molar-refractivity contribution in [1.29, 1.82) is 0 Å². The summed E-state index contributed by atoms with van der Waals surface area (Å²) < 4.78 is 7.76. The first-order valence-corrected chi connectivity index (χ1v) is 7.05. The summed E-state index contributed by atoms with van der Waals surface area (Å²) in [6.07, 6.45) is 1.92. The van der Waals surface area contributed by atoms with Gasteiger partial charge >= 0.3 is 5.97 Å². The molecule has 5 nitrogen and oxygen atoms in total. The first-order valence-electron chi connectivity index (χ1n) is 7.05. The molecule has 5 heteroatoms. The van der Waals surface area contributed by atoms with Crippen molar-refractivity contribution in [3.05, 3.63) is 30.0 Å². The molecule has 0 unspecified atom stereocenters. The zero-order chi connectivity index (χ0) is 15.6. The highest BCUT2D eigenvalue weighted by Gasteiger charge is 2.15. The number of aromatic nitrogens is 1. The summed E-state index contributed by atoms with van der Waals surface area (Å²) in [5.41, 5.74) is 1.18. The minimum atomic E-state index is -0.931. The highest BCUT2D eigenvalue weighted by molar-refractivity contribution is 6.03. The molecule has 0 saturated carbocycles. The molecule has 0 aliphatic rings. The molecule has 0 bridgehead atoms. The Bertz CT molecular complexity index is 644. The fourth-order valence-electron chi connectivity index (χ4n) is 2.29. The van der Waals surface area contributed by atoms with Gasteiger partial charge in [-0.25, -0.2) is 4.79 Å². The van der Waals surface area contributed by atoms with Crippen LogP contribution in [-0.4, -0.2) is 47.8 Å². The lowest BCUT2D eigenvalue weighted by Gasteiger charge is -2.14. The van der Waals surface area contributed by atoms with Crippen molar-refractivity contribution in [3.63, 3.8) is 0 Å². The molecule has 1 N–H and O–H groups in total. The van der Waals surface area contributed by atoms with Gasteiger partial charge in [0.25, 0.3) is 0 Å². The third-order valence-electron chi connectivity index (χ3n) is 3.41. The summed E-state index contributed by atoms with van der Waals surface area (Å²) in [5.74, 6) is -0.332. The number of likely N-dealkylation sites (N-methyl/N-ethyl adjacent to an activating group) is 1. The normalized spacial score (nSPS) is 11.5. The van der Waals surface area contributed by atoms with Crippen LogP contribution in [0.15, 0.2) is 24.4 Å². The van der Waals surface area contributed by atoms with Gasteiger partial charge in [0.2, 0.25) is 0 Å². The molecular formula is C16H22N2O3. The molecule has 21 heavy (non-hydrogen) atoms. The third-order valence-corrected chi connectivity index (χ3v) is 3.41. The predicted molar refractivity (Wildman–Crippen MR) is 83.3 cm³/mol. The third kappa shape index (κ3) is 3.36. The van der Waals surface area contributed by atoms with E-state index in [1.165, 1.54) is 0 Å². The maximum absolute atomic E-state index is 11.5. The first-order chi connectivity index (χ1) is 9.90. The molecule has 0 aliphatic carbocycles. The number of carboxylic acids is 1. The van der Waals surface area contributed by atoms with Crippen LogP contribution in [0, 0.1) is 0 Å². The van der Waals surface area contributed by atoms with Gasteiger partial charge < -0.3 is 19.3 Å². The molecule has 1 aromatic carbocycles. The second-order valence-corrected chi connectivity index (χ2v) is 5.68. The molecule has 0 amide bonds. The van der Waals surface area contributed by atoms with E-state index in [0.29, 0.717) is 12.4 Å². The van der Waals surface area contributed by atoms with E-state index in [-0.39, 0.29) is 11.6 Å². The molecule has 2 aromatic rings. The first kappa shape index (κ1) is 15.4. The van der Waals surface area contributed by atoms with Crippen LogP contribution in [0.3, 0.4) is 0 Å². The lowest BCUT2D eigenvalue weighted by Crippen LogP contribution is -2.19. The molecule has 114 valence electrons. The van der Waals surface area contributed by atoms with Crippen molar-refractivity contribution in [2.45, 2.75) is 19.9 Å². The number of carboxylic acid groups (broad SMARTS) is 1. The SMILES string of the molecule is CC(C)n1ccc2c(C(=O)O)cc(OCCN(C)C)cc21. The number of ether oxygens (including phenoxy) is 1. The van der Waals surface area contributed by atoms with Crippen LogP contribution >= 0.6 is 0 Å². The quantitative estimate of drug-likeness (QED) is 0.889. The Kier molecular flexibility index (Phi) is 4.53. The maximum atomic E-state index is 11.5. The van der Waals surface area contributed by atoms with Crippen molar-refractivity contribution >= 4 is 16.9 Å². The number of fused-ring (bicyclic) bond motifs is 1. The van der Waals surface area contributed by atoms with E-state index in [2.05, 4.69) is 18.4 Å². The molecule has 0 fully saturated rings. The van der Waals surface area contributed by atoms with E-state index in [0.717, 1.165) is 17.4 Å². The van der Waals surface area contributed by atoms with Gasteiger partial charge in [0.1, 0.15) is 12.4 Å². The van der Waals surface area contributed by atoms with Gasteiger partial charge in [-0.15, -0.1) is 0 Å². The topological polar surface area (TPSA) is 54.7 Å². The summed E-state index contributed by atoms with van der Waals surface area (Å²) in [7, 11) is 3.94. The number of benzene rings is 1. The van der Waals surface area contributed by atoms with Gasteiger partial charge in [0.15, 0.2) is 0 Å². The van der Waals surface area contributed by atoms with Gasteiger partial charge in [-0.1, -0.05) is 0 Å². The van der Waals surface area contributed by atoms with E-state index in [1.807, 2.05) is 37.3 Å². The number of rotatable bonds is 6. The number of nitrogens with zero attached hydrogens (tertiary/aromatic N) is 2. The highest BCUT2D eigenvalue weighted by Crippen LogP contribution is 2.28. The summed E-state index contributed by atoms with van der Waals surface area (Å²) >= 11 is 0. The Morgan fingerprint density at radius 2 is 2.10 bits per heavy atom. The maximum Gasteiger partial charge on any atom is 0.336 e. The molecule has 1 aromatic heterocycles. The monoisotopic (exact) mass is 290 g/mol. The number of hydrogen-bond donors (Lipinski definition) is 1. The Morgan fingerprint density at radius 3 is 2.67 bits per heavy atom. The van der Waals surface area contributed by atoms with E-state index in [1.54, 1.807) is 6.07 Å². The molecule has 0 saturated heterocycles. The van der Waals surface area contributed by atoms with Crippen molar-refractivity contribution < 1.29 is 14.6 Å². The fourth-order valence-corrected chi connectivity index (χ4v) is 2.29. The van der Waals surface area contributed by atoms with Crippen LogP contribution in [0.4, 0.5) is 0 Å². The Hall–Kier alpha value is -2.01. The average molecular weight is 290 g/mol. The van der Waals surface area contributed by atoms with Crippen LogP contribution in [-0.2, 0) is 0 Å². The van der Waals surface area contributed by atoms with Crippen LogP contribution in [0.1, 0.15) is 30.2 Å². The standard InChI is InChI=1S/C16H22N2O3/c1-11(2)18-6-5-13-14(16(19)20)9-12(10-15(13)18)21-8-7-17(3)4/h5-6,9-11H,7-8H2,1-4H3,(H,19,20). The van der Waals surface area contributed by atoms with Crippen LogP contribution < -0.4 is 4.74 Å². The Labute approximate surface area is 124 Å². The smallest absolute Gasteiger partial charge is 0.336 e. The molecule has 0 atom stereocenters. The van der Waals surface area contributed by atoms with Gasteiger partial charge in [-0.3, -0.25) is 0 Å². The second kappa shape index (κ2) is 6.18. The largest absolute Gasteiger partial charge is 0.492 e. The molecule has 1 heterocycles. The predicted octanol–water partition coefficient (Wildman–Crippen LogP) is 2.86. The zero-order valence-corrected chi connectivity index (χ0v) is 13.0. The number of aromatic carboxylic acids is 1. The minimum absolute atomic E-state index is 0.265. The molecule has 0 spiro atoms. The minimum Gasteiger partial charge on any atom is -0.492 e. The summed E-state index contributed by atoms with van der Waals surface area (Å²) in [6.45, 7) is 5.45. The second-order valence-electron chi connectivity index (χ2n) is 5.68. The van der Waals surface area contributed by atoms with E-state index in [9.17, 15) is 9.90 Å². The van der Waals surface area contributed by atoms with Crippen LogP contribution in [0.5, 0.6) is 5.75 Å². The van der Waals surface area contributed by atoms with Crippen molar-refractivity contribution in [2.24, 2.45) is 0 Å². The molecule has 0 radical (unpaired) electrons. The average Bonchev–Trinajstić information content (AvgIpc) is 2.80. The lowest BCUT2D eigenvalue weighted by molar-refractivity contribution is 0.0698. The molecule has 0 aliphatic heterocycles. The van der Waals surface area contributed by atoms with Gasteiger partial charge in [-0.2, -0.15) is 0 Å². The molecule has 2 rings (SSSR count).